The SMILES string of the molecule is CC(=O)N1CC(c2cscn2)Nc2cocc21. The van der Waals surface area contributed by atoms with E-state index in [1.165, 1.54) is 0 Å². The highest BCUT2D eigenvalue weighted by Gasteiger charge is 2.29. The van der Waals surface area contributed by atoms with Crippen LogP contribution in [0.5, 0.6) is 0 Å². The second-order valence-corrected chi connectivity index (χ2v) is 4.63. The Kier molecular flexibility index (Phi) is 2.36. The van der Waals surface area contributed by atoms with Crippen LogP contribution >= 0.6 is 11.3 Å². The highest BCUT2D eigenvalue weighted by Crippen LogP contribution is 2.36. The number of furan rings is 1. The molecule has 3 rings (SSSR count). The fraction of sp³-hybridized carbons (Fsp3) is 0.273. The molecule has 5 nitrogen and oxygen atoms in total. The van der Waals surface area contributed by atoms with Crippen molar-refractivity contribution in [2.45, 2.75) is 13.0 Å². The largest absolute Gasteiger partial charge is 0.468 e. The summed E-state index contributed by atoms with van der Waals surface area (Å²) in [6, 6.07) is 0.0234. The summed E-state index contributed by atoms with van der Waals surface area (Å²) in [7, 11) is 0. The molecule has 1 aliphatic rings. The van der Waals surface area contributed by atoms with Crippen LogP contribution in [0.1, 0.15) is 18.7 Å². The van der Waals surface area contributed by atoms with Crippen molar-refractivity contribution in [3.05, 3.63) is 29.1 Å². The van der Waals surface area contributed by atoms with E-state index in [1.54, 1.807) is 41.2 Å². The van der Waals surface area contributed by atoms with E-state index in [-0.39, 0.29) is 11.9 Å². The molecule has 0 saturated carbocycles. The van der Waals surface area contributed by atoms with Gasteiger partial charge in [0.2, 0.25) is 5.91 Å². The van der Waals surface area contributed by atoms with Crippen LogP contribution in [-0.4, -0.2) is 17.4 Å². The predicted molar refractivity (Wildman–Crippen MR) is 65.2 cm³/mol. The molecule has 3 heterocycles. The Labute approximate surface area is 102 Å². The number of thiazole rings is 1. The highest BCUT2D eigenvalue weighted by molar-refractivity contribution is 7.07. The molecular weight excluding hydrogens is 238 g/mol. The zero-order valence-electron chi connectivity index (χ0n) is 9.21. The van der Waals surface area contributed by atoms with E-state index in [1.807, 2.05) is 5.38 Å². The predicted octanol–water partition coefficient (Wildman–Crippen LogP) is 2.26. The number of aromatic nitrogens is 1. The van der Waals surface area contributed by atoms with E-state index in [4.69, 9.17) is 4.42 Å². The van der Waals surface area contributed by atoms with Crippen molar-refractivity contribution >= 4 is 28.6 Å². The van der Waals surface area contributed by atoms with Crippen LogP contribution in [0.3, 0.4) is 0 Å². The first kappa shape index (κ1) is 10.3. The molecule has 0 saturated heterocycles. The lowest BCUT2D eigenvalue weighted by Gasteiger charge is -2.31. The summed E-state index contributed by atoms with van der Waals surface area (Å²) in [6.45, 7) is 2.13. The van der Waals surface area contributed by atoms with Gasteiger partial charge in [0.05, 0.1) is 29.5 Å². The van der Waals surface area contributed by atoms with Crippen LogP contribution in [0.2, 0.25) is 0 Å². The van der Waals surface area contributed by atoms with E-state index in [2.05, 4.69) is 10.3 Å². The molecule has 0 fully saturated rings. The summed E-state index contributed by atoms with van der Waals surface area (Å²) in [6.07, 6.45) is 3.20. The maximum Gasteiger partial charge on any atom is 0.224 e. The molecule has 0 aliphatic carbocycles. The summed E-state index contributed by atoms with van der Waals surface area (Å²) in [5, 5.41) is 5.31. The number of nitrogens with zero attached hydrogens (tertiary/aromatic N) is 2. The maximum absolute atomic E-state index is 11.6. The number of hydrogen-bond donors (Lipinski definition) is 1. The van der Waals surface area contributed by atoms with Crippen molar-refractivity contribution in [2.75, 3.05) is 16.8 Å². The maximum atomic E-state index is 11.6. The van der Waals surface area contributed by atoms with E-state index in [9.17, 15) is 4.79 Å². The zero-order chi connectivity index (χ0) is 11.8. The monoisotopic (exact) mass is 249 g/mol. The normalized spacial score (nSPS) is 18.6. The molecule has 1 N–H and O–H groups in total. The third kappa shape index (κ3) is 1.70. The average molecular weight is 249 g/mol. The Morgan fingerprint density at radius 2 is 2.53 bits per heavy atom. The van der Waals surface area contributed by atoms with E-state index in [0.717, 1.165) is 17.1 Å². The first-order valence-corrected chi connectivity index (χ1v) is 6.19. The Balaban J connectivity index is 1.97. The molecule has 6 heteroatoms. The number of fused-ring (bicyclic) bond motifs is 1. The quantitative estimate of drug-likeness (QED) is 0.842. The Morgan fingerprint density at radius 3 is 3.24 bits per heavy atom. The van der Waals surface area contributed by atoms with Gasteiger partial charge in [-0.1, -0.05) is 0 Å². The lowest BCUT2D eigenvalue weighted by atomic mass is 10.1. The van der Waals surface area contributed by atoms with Gasteiger partial charge in [0.25, 0.3) is 0 Å². The number of carbonyl (C=O) groups is 1. The van der Waals surface area contributed by atoms with Crippen molar-refractivity contribution in [3.63, 3.8) is 0 Å². The molecule has 1 amide bonds. The van der Waals surface area contributed by atoms with Gasteiger partial charge >= 0.3 is 0 Å². The van der Waals surface area contributed by atoms with Gasteiger partial charge in [-0.2, -0.15) is 0 Å². The van der Waals surface area contributed by atoms with E-state index < -0.39 is 0 Å². The first-order chi connectivity index (χ1) is 8.25. The third-order valence-electron chi connectivity index (χ3n) is 2.82. The van der Waals surface area contributed by atoms with Gasteiger partial charge in [0, 0.05) is 12.3 Å². The number of amides is 1. The van der Waals surface area contributed by atoms with Gasteiger partial charge < -0.3 is 14.6 Å². The molecule has 0 bridgehead atoms. The summed E-state index contributed by atoms with van der Waals surface area (Å²) < 4.78 is 5.14. The lowest BCUT2D eigenvalue weighted by molar-refractivity contribution is -0.116. The molecule has 2 aromatic heterocycles. The second kappa shape index (κ2) is 3.89. The van der Waals surface area contributed by atoms with Crippen LogP contribution in [0, 0.1) is 0 Å². The van der Waals surface area contributed by atoms with Gasteiger partial charge in [-0.15, -0.1) is 11.3 Å². The fourth-order valence-corrected chi connectivity index (χ4v) is 2.59. The van der Waals surface area contributed by atoms with E-state index >= 15 is 0 Å². The van der Waals surface area contributed by atoms with Crippen molar-refractivity contribution in [2.24, 2.45) is 0 Å². The van der Waals surface area contributed by atoms with Gasteiger partial charge in [-0.3, -0.25) is 4.79 Å². The minimum atomic E-state index is 0.00868. The van der Waals surface area contributed by atoms with Crippen LogP contribution in [0.15, 0.2) is 27.8 Å². The third-order valence-corrected chi connectivity index (χ3v) is 3.42. The van der Waals surface area contributed by atoms with Crippen molar-refractivity contribution < 1.29 is 9.21 Å². The molecule has 0 aromatic carbocycles. The highest BCUT2D eigenvalue weighted by atomic mass is 32.1. The summed E-state index contributed by atoms with van der Waals surface area (Å²) in [4.78, 5) is 17.6. The molecule has 0 radical (unpaired) electrons. The summed E-state index contributed by atoms with van der Waals surface area (Å²) in [5.74, 6) is 0.00868. The first-order valence-electron chi connectivity index (χ1n) is 5.24. The Bertz CT molecular complexity index is 535. The summed E-state index contributed by atoms with van der Waals surface area (Å²) in [5.41, 5.74) is 4.38. The number of nitrogens with one attached hydrogen (secondary N) is 1. The van der Waals surface area contributed by atoms with Crippen LogP contribution in [0.4, 0.5) is 11.4 Å². The van der Waals surface area contributed by atoms with Crippen LogP contribution in [0.25, 0.3) is 0 Å². The summed E-state index contributed by atoms with van der Waals surface area (Å²) >= 11 is 1.55. The van der Waals surface area contributed by atoms with Gasteiger partial charge in [0.15, 0.2) is 0 Å². The van der Waals surface area contributed by atoms with Gasteiger partial charge in [-0.25, -0.2) is 4.98 Å². The average Bonchev–Trinajstić information content (AvgIpc) is 2.98. The van der Waals surface area contributed by atoms with Gasteiger partial charge in [-0.05, 0) is 0 Å². The smallest absolute Gasteiger partial charge is 0.224 e. The fourth-order valence-electron chi connectivity index (χ4n) is 1.98. The lowest BCUT2D eigenvalue weighted by Crippen LogP contribution is -2.39. The molecule has 0 spiro atoms. The molecule has 1 unspecified atom stereocenters. The molecule has 17 heavy (non-hydrogen) atoms. The number of carbonyl (C=O) groups excluding carboxylic acids is 1. The minimum Gasteiger partial charge on any atom is -0.468 e. The van der Waals surface area contributed by atoms with Crippen molar-refractivity contribution in [3.8, 4) is 0 Å². The van der Waals surface area contributed by atoms with E-state index in [0.29, 0.717) is 6.54 Å². The Hall–Kier alpha value is -1.82. The molecule has 88 valence electrons. The second-order valence-electron chi connectivity index (χ2n) is 3.91. The molecular formula is C11H11N3O2S. The minimum absolute atomic E-state index is 0.00868. The number of rotatable bonds is 1. The number of anilines is 2. The topological polar surface area (TPSA) is 58.4 Å². The zero-order valence-corrected chi connectivity index (χ0v) is 10.0. The standard InChI is InChI=1S/C11H11N3O2S/c1-7(15)14-2-8(10-5-17-6-12-10)13-9-3-16-4-11(9)14/h3-6,8,13H,2H2,1H3. The van der Waals surface area contributed by atoms with Crippen LogP contribution in [-0.2, 0) is 4.79 Å². The molecule has 1 atom stereocenters. The van der Waals surface area contributed by atoms with Crippen LogP contribution < -0.4 is 10.2 Å². The van der Waals surface area contributed by atoms with Crippen molar-refractivity contribution in [1.29, 1.82) is 0 Å². The van der Waals surface area contributed by atoms with Crippen molar-refractivity contribution in [1.82, 2.24) is 4.98 Å². The van der Waals surface area contributed by atoms with Gasteiger partial charge in [0.1, 0.15) is 18.2 Å². The molecule has 1 aliphatic heterocycles. The number of hydrogen-bond acceptors (Lipinski definition) is 5. The Morgan fingerprint density at radius 1 is 1.65 bits per heavy atom. The molecule has 2 aromatic rings.